The molecule has 1 aromatic heterocycles. The molecule has 1 unspecified atom stereocenters. The number of carbonyl (C=O) groups is 1. The Bertz CT molecular complexity index is 940. The molecule has 29 heavy (non-hydrogen) atoms. The number of aromatic nitrogens is 2. The van der Waals surface area contributed by atoms with Gasteiger partial charge in [0, 0.05) is 25.2 Å². The van der Waals surface area contributed by atoms with Crippen molar-refractivity contribution in [1.82, 2.24) is 15.0 Å². The number of nitrogens with zero attached hydrogens (tertiary/aromatic N) is 3. The highest BCUT2D eigenvalue weighted by Gasteiger charge is 2.29. The third-order valence-corrected chi connectivity index (χ3v) is 5.12. The molecule has 0 saturated carbocycles. The van der Waals surface area contributed by atoms with Crippen LogP contribution in [0.3, 0.4) is 0 Å². The largest absolute Gasteiger partial charge is 0.484 e. The van der Waals surface area contributed by atoms with Crippen molar-refractivity contribution in [2.75, 3.05) is 19.7 Å². The molecule has 3 aromatic rings. The van der Waals surface area contributed by atoms with Gasteiger partial charge < -0.3 is 19.9 Å². The number of amides is 1. The zero-order chi connectivity index (χ0) is 20.1. The molecule has 0 aliphatic carbocycles. The lowest BCUT2D eigenvalue weighted by Gasteiger charge is -2.30. The van der Waals surface area contributed by atoms with Crippen molar-refractivity contribution in [3.05, 3.63) is 66.1 Å². The molecule has 7 nitrogen and oxygen atoms in total. The molecule has 1 aliphatic heterocycles. The Morgan fingerprint density at radius 3 is 2.72 bits per heavy atom. The van der Waals surface area contributed by atoms with E-state index in [-0.39, 0.29) is 18.4 Å². The molecule has 2 N–H and O–H groups in total. The van der Waals surface area contributed by atoms with Crippen LogP contribution in [-0.4, -0.2) is 40.6 Å². The summed E-state index contributed by atoms with van der Waals surface area (Å²) in [6, 6.07) is 17.1. The summed E-state index contributed by atoms with van der Waals surface area (Å²) >= 11 is 0. The molecule has 0 spiro atoms. The van der Waals surface area contributed by atoms with E-state index in [9.17, 15) is 4.79 Å². The van der Waals surface area contributed by atoms with E-state index in [1.807, 2.05) is 59.5 Å². The fraction of sp³-hybridized carbons (Fsp3) is 0.318. The van der Waals surface area contributed by atoms with Crippen molar-refractivity contribution < 1.29 is 14.1 Å². The number of carbonyl (C=O) groups excluding carboxylic acids is 1. The quantitative estimate of drug-likeness (QED) is 0.693. The van der Waals surface area contributed by atoms with Gasteiger partial charge >= 0.3 is 0 Å². The second-order valence-corrected chi connectivity index (χ2v) is 7.14. The minimum absolute atomic E-state index is 0.0271. The van der Waals surface area contributed by atoms with E-state index in [0.717, 1.165) is 30.5 Å². The number of hydrogen-bond donors (Lipinski definition) is 1. The zero-order valence-corrected chi connectivity index (χ0v) is 16.2. The molecule has 2 heterocycles. The maximum atomic E-state index is 12.6. The Morgan fingerprint density at radius 1 is 1.17 bits per heavy atom. The summed E-state index contributed by atoms with van der Waals surface area (Å²) in [6.45, 7) is 1.80. The highest BCUT2D eigenvalue weighted by Crippen LogP contribution is 2.28. The van der Waals surface area contributed by atoms with Crippen LogP contribution in [0, 0.1) is 0 Å². The van der Waals surface area contributed by atoms with Crippen molar-refractivity contribution in [2.45, 2.75) is 25.3 Å². The standard InChI is InChI=1S/C22H24N4O3/c23-13-16-8-10-17(11-9-16)21-24-22(29-25-21)18-5-4-12-26(14-18)20(27)15-28-19-6-2-1-3-7-19/h1-3,6-11,18H,4-5,12-15,23H2. The third kappa shape index (κ3) is 4.63. The van der Waals surface area contributed by atoms with Crippen molar-refractivity contribution in [1.29, 1.82) is 0 Å². The van der Waals surface area contributed by atoms with Gasteiger partial charge in [-0.05, 0) is 30.5 Å². The van der Waals surface area contributed by atoms with Crippen molar-refractivity contribution in [3.63, 3.8) is 0 Å². The van der Waals surface area contributed by atoms with Crippen molar-refractivity contribution in [3.8, 4) is 17.1 Å². The van der Waals surface area contributed by atoms with Crippen LogP contribution in [0.25, 0.3) is 11.4 Å². The monoisotopic (exact) mass is 392 g/mol. The molecular formula is C22H24N4O3. The van der Waals surface area contributed by atoms with E-state index in [1.54, 1.807) is 0 Å². The first-order chi connectivity index (χ1) is 14.2. The number of ether oxygens (including phenoxy) is 1. The van der Waals surface area contributed by atoms with Crippen LogP contribution < -0.4 is 10.5 Å². The van der Waals surface area contributed by atoms with Gasteiger partial charge in [-0.2, -0.15) is 4.98 Å². The molecule has 1 saturated heterocycles. The Kier molecular flexibility index (Phi) is 5.86. The molecule has 4 rings (SSSR count). The van der Waals surface area contributed by atoms with Gasteiger partial charge in [0.25, 0.3) is 5.91 Å². The zero-order valence-electron chi connectivity index (χ0n) is 16.2. The number of nitrogens with two attached hydrogens (primary N) is 1. The van der Waals surface area contributed by atoms with Crippen molar-refractivity contribution in [2.24, 2.45) is 5.73 Å². The lowest BCUT2D eigenvalue weighted by molar-refractivity contribution is -0.134. The third-order valence-electron chi connectivity index (χ3n) is 5.12. The summed E-state index contributed by atoms with van der Waals surface area (Å²) in [6.07, 6.45) is 1.81. The number of piperidine rings is 1. The summed E-state index contributed by atoms with van der Waals surface area (Å²) in [5, 5.41) is 4.12. The Hall–Kier alpha value is -3.19. The predicted molar refractivity (Wildman–Crippen MR) is 108 cm³/mol. The second-order valence-electron chi connectivity index (χ2n) is 7.14. The van der Waals surface area contributed by atoms with E-state index in [0.29, 0.717) is 30.6 Å². The molecule has 1 aliphatic rings. The van der Waals surface area contributed by atoms with E-state index in [1.165, 1.54) is 0 Å². The average Bonchev–Trinajstić information content (AvgIpc) is 3.29. The second kappa shape index (κ2) is 8.87. The normalized spacial score (nSPS) is 16.6. The fourth-order valence-electron chi connectivity index (χ4n) is 3.47. The average molecular weight is 392 g/mol. The topological polar surface area (TPSA) is 94.5 Å². The van der Waals surface area contributed by atoms with E-state index in [4.69, 9.17) is 15.0 Å². The highest BCUT2D eigenvalue weighted by molar-refractivity contribution is 5.78. The summed E-state index contributed by atoms with van der Waals surface area (Å²) in [4.78, 5) is 18.9. The fourth-order valence-corrected chi connectivity index (χ4v) is 3.47. The molecule has 1 amide bonds. The van der Waals surface area contributed by atoms with Gasteiger partial charge in [-0.25, -0.2) is 0 Å². The first-order valence-corrected chi connectivity index (χ1v) is 9.81. The highest BCUT2D eigenvalue weighted by atomic mass is 16.5. The van der Waals surface area contributed by atoms with Gasteiger partial charge in [-0.15, -0.1) is 0 Å². The van der Waals surface area contributed by atoms with Gasteiger partial charge in [-0.1, -0.05) is 47.6 Å². The van der Waals surface area contributed by atoms with Crippen LogP contribution in [0.5, 0.6) is 5.75 Å². The SMILES string of the molecule is NCc1ccc(-c2noc(C3CCCN(C(=O)COc4ccccc4)C3)n2)cc1. The molecule has 1 fully saturated rings. The van der Waals surface area contributed by atoms with Gasteiger partial charge in [0.05, 0.1) is 5.92 Å². The van der Waals surface area contributed by atoms with Gasteiger partial charge in [0.1, 0.15) is 5.75 Å². The Labute approximate surface area is 169 Å². The first-order valence-electron chi connectivity index (χ1n) is 9.81. The van der Waals surface area contributed by atoms with Gasteiger partial charge in [0.15, 0.2) is 6.61 Å². The molecule has 2 aromatic carbocycles. The summed E-state index contributed by atoms with van der Waals surface area (Å²) < 4.78 is 11.1. The smallest absolute Gasteiger partial charge is 0.260 e. The molecule has 1 atom stereocenters. The van der Waals surface area contributed by atoms with Crippen LogP contribution in [-0.2, 0) is 11.3 Å². The minimum Gasteiger partial charge on any atom is -0.484 e. The molecule has 7 heteroatoms. The first kappa shape index (κ1) is 19.1. The molecular weight excluding hydrogens is 368 g/mol. The van der Waals surface area contributed by atoms with Gasteiger partial charge in [-0.3, -0.25) is 4.79 Å². The summed E-state index contributed by atoms with van der Waals surface area (Å²) in [5.41, 5.74) is 7.58. The number of likely N-dealkylation sites (tertiary alicyclic amines) is 1. The van der Waals surface area contributed by atoms with Crippen LogP contribution in [0.15, 0.2) is 59.1 Å². The predicted octanol–water partition coefficient (Wildman–Crippen LogP) is 2.98. The minimum atomic E-state index is -0.0318. The summed E-state index contributed by atoms with van der Waals surface area (Å²) in [5.74, 6) is 1.82. The van der Waals surface area contributed by atoms with Crippen molar-refractivity contribution >= 4 is 5.91 Å². The maximum absolute atomic E-state index is 12.6. The lowest BCUT2D eigenvalue weighted by Crippen LogP contribution is -2.41. The maximum Gasteiger partial charge on any atom is 0.260 e. The lowest BCUT2D eigenvalue weighted by atomic mass is 9.98. The number of benzene rings is 2. The van der Waals surface area contributed by atoms with Crippen LogP contribution in [0.2, 0.25) is 0 Å². The van der Waals surface area contributed by atoms with Crippen LogP contribution in [0.4, 0.5) is 0 Å². The van der Waals surface area contributed by atoms with Crippen LogP contribution >= 0.6 is 0 Å². The Morgan fingerprint density at radius 2 is 1.97 bits per heavy atom. The van der Waals surface area contributed by atoms with Gasteiger partial charge in [0.2, 0.25) is 11.7 Å². The van der Waals surface area contributed by atoms with E-state index < -0.39 is 0 Å². The number of para-hydroxylation sites is 1. The number of rotatable bonds is 6. The molecule has 150 valence electrons. The Balaban J connectivity index is 1.38. The van der Waals surface area contributed by atoms with Crippen LogP contribution in [0.1, 0.15) is 30.2 Å². The van der Waals surface area contributed by atoms with E-state index >= 15 is 0 Å². The number of hydrogen-bond acceptors (Lipinski definition) is 6. The summed E-state index contributed by atoms with van der Waals surface area (Å²) in [7, 11) is 0. The molecule has 0 bridgehead atoms. The van der Waals surface area contributed by atoms with E-state index in [2.05, 4.69) is 10.1 Å². The molecule has 0 radical (unpaired) electrons.